The fraction of sp³-hybridized carbons (Fsp3) is 0.450. The second kappa shape index (κ2) is 7.16. The first-order valence-electron chi connectivity index (χ1n) is 9.46. The number of pyridine rings is 1. The summed E-state index contributed by atoms with van der Waals surface area (Å²) in [5, 5.41) is 3.40. The molecule has 2 heterocycles. The van der Waals surface area contributed by atoms with Crippen LogP contribution in [0, 0.1) is 0 Å². The number of aromatic nitrogens is 1. The Morgan fingerprint density at radius 1 is 1.25 bits per heavy atom. The molecule has 2 aromatic rings. The summed E-state index contributed by atoms with van der Waals surface area (Å²) in [7, 11) is -3.09. The first-order chi connectivity index (χ1) is 13.3. The van der Waals surface area contributed by atoms with Crippen LogP contribution in [0.5, 0.6) is 0 Å². The molecule has 1 aliphatic heterocycles. The topological polar surface area (TPSA) is 102 Å². The van der Waals surface area contributed by atoms with E-state index in [0.717, 1.165) is 41.4 Å². The van der Waals surface area contributed by atoms with E-state index in [4.69, 9.17) is 4.74 Å². The normalized spacial score (nSPS) is 21.2. The van der Waals surface area contributed by atoms with E-state index >= 15 is 0 Å². The molecule has 2 aliphatic rings. The van der Waals surface area contributed by atoms with Gasteiger partial charge in [-0.2, -0.15) is 0 Å². The third-order valence-electron chi connectivity index (χ3n) is 5.36. The molecule has 2 atom stereocenters. The highest BCUT2D eigenvalue weighted by atomic mass is 32.2. The Kier molecular flexibility index (Phi) is 4.82. The van der Waals surface area contributed by atoms with Gasteiger partial charge in [-0.25, -0.2) is 13.2 Å². The van der Waals surface area contributed by atoms with Crippen LogP contribution in [0.15, 0.2) is 24.3 Å². The molecule has 1 N–H and O–H groups in total. The number of carbonyl (C=O) groups excluding carboxylic acids is 2. The number of ether oxygens (including phenoxy) is 1. The summed E-state index contributed by atoms with van der Waals surface area (Å²) < 4.78 is 28.6. The zero-order valence-corrected chi connectivity index (χ0v) is 16.4. The maximum absolute atomic E-state index is 12.9. The first kappa shape index (κ1) is 18.9. The van der Waals surface area contributed by atoms with E-state index in [9.17, 15) is 18.0 Å². The lowest BCUT2D eigenvalue weighted by atomic mass is 10.0. The van der Waals surface area contributed by atoms with Crippen molar-refractivity contribution in [1.82, 2.24) is 10.3 Å². The summed E-state index contributed by atoms with van der Waals surface area (Å²) in [6, 6.07) is 6.99. The zero-order valence-electron chi connectivity index (χ0n) is 15.6. The number of amides is 1. The molecule has 1 aromatic heterocycles. The van der Waals surface area contributed by atoms with E-state index < -0.39 is 33.9 Å². The van der Waals surface area contributed by atoms with Gasteiger partial charge < -0.3 is 10.1 Å². The van der Waals surface area contributed by atoms with Gasteiger partial charge in [-0.15, -0.1) is 0 Å². The Morgan fingerprint density at radius 2 is 2.04 bits per heavy atom. The van der Waals surface area contributed by atoms with Crippen LogP contribution in [-0.2, 0) is 32.2 Å². The Morgan fingerprint density at radius 3 is 2.79 bits per heavy atom. The number of fused-ring (bicyclic) bond motifs is 2. The third kappa shape index (κ3) is 3.61. The minimum Gasteiger partial charge on any atom is -0.449 e. The molecular formula is C20H22N2O5S. The SMILES string of the molecule is C[C@H](OC(=O)c1c2c(nc3ccccc13)CCC2)C(=O)N[C@@H]1CCS(=O)(=O)C1. The van der Waals surface area contributed by atoms with Crippen molar-refractivity contribution in [2.75, 3.05) is 11.5 Å². The van der Waals surface area contributed by atoms with E-state index in [0.29, 0.717) is 12.0 Å². The average Bonchev–Trinajstić information content (AvgIpc) is 3.24. The summed E-state index contributed by atoms with van der Waals surface area (Å²) >= 11 is 0. The van der Waals surface area contributed by atoms with Crippen molar-refractivity contribution in [1.29, 1.82) is 0 Å². The van der Waals surface area contributed by atoms with E-state index in [2.05, 4.69) is 10.3 Å². The quantitative estimate of drug-likeness (QED) is 0.779. The predicted octanol–water partition coefficient (Wildman–Crippen LogP) is 1.57. The number of hydrogen-bond donors (Lipinski definition) is 1. The molecule has 0 radical (unpaired) electrons. The molecule has 1 aliphatic carbocycles. The smallest absolute Gasteiger partial charge is 0.339 e. The van der Waals surface area contributed by atoms with Gasteiger partial charge in [0.2, 0.25) is 0 Å². The number of nitrogens with one attached hydrogen (secondary N) is 1. The summed E-state index contributed by atoms with van der Waals surface area (Å²) in [6.07, 6.45) is 1.90. The Bertz CT molecular complexity index is 1060. The zero-order chi connectivity index (χ0) is 19.9. The lowest BCUT2D eigenvalue weighted by Gasteiger charge is -2.18. The fourth-order valence-electron chi connectivity index (χ4n) is 3.94. The van der Waals surface area contributed by atoms with Gasteiger partial charge in [-0.3, -0.25) is 9.78 Å². The van der Waals surface area contributed by atoms with Gasteiger partial charge in [-0.1, -0.05) is 18.2 Å². The predicted molar refractivity (Wildman–Crippen MR) is 104 cm³/mol. The van der Waals surface area contributed by atoms with Crippen LogP contribution in [-0.4, -0.2) is 48.9 Å². The summed E-state index contributed by atoms with van der Waals surface area (Å²) in [6.45, 7) is 1.50. The molecule has 0 unspecified atom stereocenters. The highest BCUT2D eigenvalue weighted by molar-refractivity contribution is 7.91. The maximum Gasteiger partial charge on any atom is 0.339 e. The Balaban J connectivity index is 1.53. The van der Waals surface area contributed by atoms with Crippen molar-refractivity contribution < 1.29 is 22.7 Å². The molecule has 4 rings (SSSR count). The number of para-hydroxylation sites is 1. The average molecular weight is 402 g/mol. The van der Waals surface area contributed by atoms with Gasteiger partial charge in [0.15, 0.2) is 15.9 Å². The van der Waals surface area contributed by atoms with E-state index in [1.54, 1.807) is 0 Å². The number of benzene rings is 1. The fourth-order valence-corrected chi connectivity index (χ4v) is 5.62. The van der Waals surface area contributed by atoms with Crippen molar-refractivity contribution in [2.24, 2.45) is 0 Å². The highest BCUT2D eigenvalue weighted by Gasteiger charge is 2.32. The van der Waals surface area contributed by atoms with Gasteiger partial charge in [0.1, 0.15) is 0 Å². The molecule has 0 spiro atoms. The molecule has 148 valence electrons. The molecule has 28 heavy (non-hydrogen) atoms. The highest BCUT2D eigenvalue weighted by Crippen LogP contribution is 2.30. The number of hydrogen-bond acceptors (Lipinski definition) is 6. The molecule has 1 amide bonds. The Hall–Kier alpha value is -2.48. The van der Waals surface area contributed by atoms with Crippen LogP contribution >= 0.6 is 0 Å². The summed E-state index contributed by atoms with van der Waals surface area (Å²) in [4.78, 5) is 30.0. The largest absolute Gasteiger partial charge is 0.449 e. The summed E-state index contributed by atoms with van der Waals surface area (Å²) in [5.74, 6) is -1.02. The number of aryl methyl sites for hydroxylation is 1. The van der Waals surface area contributed by atoms with Gasteiger partial charge in [-0.05, 0) is 44.2 Å². The van der Waals surface area contributed by atoms with Crippen molar-refractivity contribution in [3.8, 4) is 0 Å². The lowest BCUT2D eigenvalue weighted by molar-refractivity contribution is -0.129. The van der Waals surface area contributed by atoms with Crippen LogP contribution in [0.2, 0.25) is 0 Å². The molecular weight excluding hydrogens is 380 g/mol. The van der Waals surface area contributed by atoms with Crippen LogP contribution < -0.4 is 5.32 Å². The molecule has 7 nitrogen and oxygen atoms in total. The lowest BCUT2D eigenvalue weighted by Crippen LogP contribution is -2.42. The van der Waals surface area contributed by atoms with Crippen molar-refractivity contribution >= 4 is 32.6 Å². The number of esters is 1. The van der Waals surface area contributed by atoms with Gasteiger partial charge in [0.05, 0.1) is 22.6 Å². The number of nitrogens with zero attached hydrogens (tertiary/aromatic N) is 1. The number of carbonyl (C=O) groups is 2. The Labute approximate surface area is 163 Å². The molecule has 1 fully saturated rings. The van der Waals surface area contributed by atoms with Crippen molar-refractivity contribution in [3.63, 3.8) is 0 Å². The van der Waals surface area contributed by atoms with Gasteiger partial charge >= 0.3 is 5.97 Å². The van der Waals surface area contributed by atoms with Crippen molar-refractivity contribution in [3.05, 3.63) is 41.1 Å². The molecule has 0 bridgehead atoms. The molecule has 1 aromatic carbocycles. The van der Waals surface area contributed by atoms with Crippen molar-refractivity contribution in [2.45, 2.75) is 44.8 Å². The monoisotopic (exact) mass is 402 g/mol. The molecule has 8 heteroatoms. The van der Waals surface area contributed by atoms with Gasteiger partial charge in [0.25, 0.3) is 5.91 Å². The van der Waals surface area contributed by atoms with Crippen LogP contribution in [0.4, 0.5) is 0 Å². The number of sulfone groups is 1. The van der Waals surface area contributed by atoms with E-state index in [1.165, 1.54) is 6.92 Å². The van der Waals surface area contributed by atoms with Gasteiger partial charge in [0, 0.05) is 17.1 Å². The molecule has 1 saturated heterocycles. The van der Waals surface area contributed by atoms with Crippen LogP contribution in [0.25, 0.3) is 10.9 Å². The maximum atomic E-state index is 12.9. The first-order valence-corrected chi connectivity index (χ1v) is 11.3. The summed E-state index contributed by atoms with van der Waals surface area (Å²) in [5.41, 5.74) is 3.04. The second-order valence-corrected chi connectivity index (χ2v) is 9.67. The third-order valence-corrected chi connectivity index (χ3v) is 7.12. The molecule has 0 saturated carbocycles. The van der Waals surface area contributed by atoms with E-state index in [-0.39, 0.29) is 11.5 Å². The van der Waals surface area contributed by atoms with E-state index in [1.807, 2.05) is 24.3 Å². The minimum absolute atomic E-state index is 0.0676. The minimum atomic E-state index is -3.09. The van der Waals surface area contributed by atoms with Crippen LogP contribution in [0.1, 0.15) is 41.4 Å². The van der Waals surface area contributed by atoms with Crippen LogP contribution in [0.3, 0.4) is 0 Å². The standard InChI is InChI=1S/C20H22N2O5S/c1-12(19(23)21-13-9-10-28(25,26)11-13)27-20(24)18-14-5-2-3-7-16(14)22-17-8-4-6-15(17)18/h2-3,5,7,12-13H,4,6,8-11H2,1H3,(H,21,23)/t12-,13+/m0/s1. The number of rotatable bonds is 4. The second-order valence-electron chi connectivity index (χ2n) is 7.44.